The largest absolute Gasteiger partial charge is 0.445 e. The summed E-state index contributed by atoms with van der Waals surface area (Å²) in [7, 11) is 0. The lowest BCUT2D eigenvalue weighted by Gasteiger charge is -2.35. The van der Waals surface area contributed by atoms with Crippen LogP contribution in [0.25, 0.3) is 0 Å². The van der Waals surface area contributed by atoms with Gasteiger partial charge in [-0.25, -0.2) is 4.79 Å². The van der Waals surface area contributed by atoms with E-state index in [9.17, 15) is 4.79 Å². The maximum Gasteiger partial charge on any atom is 0.410 e. The predicted molar refractivity (Wildman–Crippen MR) is 74.8 cm³/mol. The number of amides is 1. The summed E-state index contributed by atoms with van der Waals surface area (Å²) in [5.74, 6) is 0. The molecular weight excluding hydrogens is 246 g/mol. The molecule has 1 fully saturated rings. The van der Waals surface area contributed by atoms with Gasteiger partial charge in [0.1, 0.15) is 6.61 Å². The van der Waals surface area contributed by atoms with Gasteiger partial charge in [0.2, 0.25) is 0 Å². The Morgan fingerprint density at radius 2 is 2.17 bits per heavy atom. The Balaban J connectivity index is 1.85. The maximum atomic E-state index is 12.0. The van der Waals surface area contributed by atoms with Crippen LogP contribution >= 0.6 is 12.6 Å². The van der Waals surface area contributed by atoms with Gasteiger partial charge in [-0.2, -0.15) is 12.6 Å². The lowest BCUT2D eigenvalue weighted by molar-refractivity contribution is 0.0732. The molecule has 0 saturated carbocycles. The van der Waals surface area contributed by atoms with E-state index in [4.69, 9.17) is 4.74 Å². The Kier molecular flexibility index (Phi) is 4.53. The molecule has 3 nitrogen and oxygen atoms in total. The van der Waals surface area contributed by atoms with E-state index in [1.807, 2.05) is 37.3 Å². The highest BCUT2D eigenvalue weighted by Crippen LogP contribution is 2.22. The first-order valence-corrected chi connectivity index (χ1v) is 6.84. The van der Waals surface area contributed by atoms with Gasteiger partial charge in [0.15, 0.2) is 0 Å². The van der Waals surface area contributed by atoms with Crippen molar-refractivity contribution in [2.24, 2.45) is 0 Å². The summed E-state index contributed by atoms with van der Waals surface area (Å²) in [5, 5.41) is 0.401. The van der Waals surface area contributed by atoms with Crippen LogP contribution in [0.3, 0.4) is 0 Å². The van der Waals surface area contributed by atoms with Crippen LogP contribution in [-0.2, 0) is 11.3 Å². The molecule has 1 saturated heterocycles. The van der Waals surface area contributed by atoms with Crippen molar-refractivity contribution in [1.82, 2.24) is 4.90 Å². The zero-order valence-corrected chi connectivity index (χ0v) is 11.5. The fourth-order valence-corrected chi connectivity index (χ4v) is 2.64. The van der Waals surface area contributed by atoms with Crippen molar-refractivity contribution in [1.29, 1.82) is 0 Å². The molecule has 1 aliphatic rings. The maximum absolute atomic E-state index is 12.0. The third-order valence-electron chi connectivity index (χ3n) is 3.29. The van der Waals surface area contributed by atoms with Crippen LogP contribution in [-0.4, -0.2) is 28.8 Å². The Labute approximate surface area is 114 Å². The molecule has 1 heterocycles. The zero-order valence-electron chi connectivity index (χ0n) is 10.6. The first-order valence-electron chi connectivity index (χ1n) is 6.32. The molecule has 0 spiro atoms. The Morgan fingerprint density at radius 1 is 1.44 bits per heavy atom. The number of hydrogen-bond donors (Lipinski definition) is 1. The van der Waals surface area contributed by atoms with Gasteiger partial charge in [0.05, 0.1) is 0 Å². The average molecular weight is 265 g/mol. The predicted octanol–water partition coefficient (Wildman–Crippen LogP) is 3.11. The van der Waals surface area contributed by atoms with E-state index in [1.165, 1.54) is 0 Å². The van der Waals surface area contributed by atoms with Crippen molar-refractivity contribution in [2.45, 2.75) is 37.7 Å². The molecule has 0 aromatic heterocycles. The van der Waals surface area contributed by atoms with Gasteiger partial charge in [-0.3, -0.25) is 0 Å². The second-order valence-electron chi connectivity index (χ2n) is 4.76. The molecule has 4 heteroatoms. The molecule has 0 aliphatic carbocycles. The minimum atomic E-state index is -0.216. The average Bonchev–Trinajstić information content (AvgIpc) is 2.37. The molecule has 1 aliphatic heterocycles. The van der Waals surface area contributed by atoms with Crippen molar-refractivity contribution >= 4 is 18.7 Å². The van der Waals surface area contributed by atoms with Crippen molar-refractivity contribution in [3.8, 4) is 0 Å². The molecule has 2 unspecified atom stereocenters. The lowest BCUT2D eigenvalue weighted by atomic mass is 10.0. The first-order chi connectivity index (χ1) is 8.66. The number of benzene rings is 1. The third kappa shape index (κ3) is 3.42. The van der Waals surface area contributed by atoms with E-state index in [0.29, 0.717) is 11.9 Å². The van der Waals surface area contributed by atoms with Gasteiger partial charge in [-0.05, 0) is 25.3 Å². The van der Waals surface area contributed by atoms with Crippen molar-refractivity contribution < 1.29 is 9.53 Å². The van der Waals surface area contributed by atoms with E-state index in [0.717, 1.165) is 24.9 Å². The number of nitrogens with zero attached hydrogens (tertiary/aromatic N) is 1. The summed E-state index contributed by atoms with van der Waals surface area (Å²) < 4.78 is 5.34. The highest BCUT2D eigenvalue weighted by Gasteiger charge is 2.28. The van der Waals surface area contributed by atoms with E-state index in [1.54, 1.807) is 4.90 Å². The Bertz CT molecular complexity index is 396. The molecule has 1 aromatic rings. The summed E-state index contributed by atoms with van der Waals surface area (Å²) in [6.45, 7) is 3.13. The highest BCUT2D eigenvalue weighted by molar-refractivity contribution is 7.80. The number of thiol groups is 1. The molecule has 1 aromatic carbocycles. The van der Waals surface area contributed by atoms with Crippen molar-refractivity contribution in [2.75, 3.05) is 6.54 Å². The molecule has 18 heavy (non-hydrogen) atoms. The number of carbonyl (C=O) groups excluding carboxylic acids is 1. The fourth-order valence-electron chi connectivity index (χ4n) is 2.22. The molecule has 2 rings (SSSR count). The second kappa shape index (κ2) is 6.14. The summed E-state index contributed by atoms with van der Waals surface area (Å²) in [5.41, 5.74) is 1.02. The molecule has 2 atom stereocenters. The normalized spacial score (nSPS) is 23.8. The van der Waals surface area contributed by atoms with E-state index in [2.05, 4.69) is 12.6 Å². The number of likely N-dealkylation sites (tertiary alicyclic amines) is 1. The second-order valence-corrected chi connectivity index (χ2v) is 5.49. The van der Waals surface area contributed by atoms with Crippen LogP contribution in [0.1, 0.15) is 25.3 Å². The fraction of sp³-hybridized carbons (Fsp3) is 0.500. The van der Waals surface area contributed by atoms with Gasteiger partial charge in [0, 0.05) is 17.8 Å². The summed E-state index contributed by atoms with van der Waals surface area (Å²) >= 11 is 4.46. The summed E-state index contributed by atoms with van der Waals surface area (Å²) in [6.07, 6.45) is 1.66. The summed E-state index contributed by atoms with van der Waals surface area (Å²) in [6, 6.07) is 9.96. The minimum Gasteiger partial charge on any atom is -0.445 e. The molecule has 0 N–H and O–H groups in total. The molecular formula is C14H19NO2S. The van der Waals surface area contributed by atoms with Crippen LogP contribution in [0.2, 0.25) is 0 Å². The molecule has 1 amide bonds. The van der Waals surface area contributed by atoms with E-state index >= 15 is 0 Å². The van der Waals surface area contributed by atoms with Gasteiger partial charge < -0.3 is 9.64 Å². The smallest absolute Gasteiger partial charge is 0.410 e. The Hall–Kier alpha value is -1.16. The van der Waals surface area contributed by atoms with Gasteiger partial charge >= 0.3 is 6.09 Å². The van der Waals surface area contributed by atoms with Crippen LogP contribution in [0.5, 0.6) is 0 Å². The SMILES string of the molecule is CC1CC(S)CCN1C(=O)OCc1ccccc1. The van der Waals surface area contributed by atoms with Crippen molar-refractivity contribution in [3.05, 3.63) is 35.9 Å². The standard InChI is InChI=1S/C14H19NO2S/c1-11-9-13(18)7-8-15(11)14(16)17-10-12-5-3-2-4-6-12/h2-6,11,13,18H,7-10H2,1H3. The van der Waals surface area contributed by atoms with Crippen molar-refractivity contribution in [3.63, 3.8) is 0 Å². The Morgan fingerprint density at radius 3 is 2.83 bits per heavy atom. The van der Waals surface area contributed by atoms with Crippen LogP contribution < -0.4 is 0 Å². The molecule has 98 valence electrons. The number of hydrogen-bond acceptors (Lipinski definition) is 3. The highest BCUT2D eigenvalue weighted by atomic mass is 32.1. The zero-order chi connectivity index (χ0) is 13.0. The quantitative estimate of drug-likeness (QED) is 0.833. The number of rotatable bonds is 2. The summed E-state index contributed by atoms with van der Waals surface area (Å²) in [4.78, 5) is 13.8. The van der Waals surface area contributed by atoms with Gasteiger partial charge in [-0.1, -0.05) is 30.3 Å². The topological polar surface area (TPSA) is 29.5 Å². The molecule has 0 bridgehead atoms. The van der Waals surface area contributed by atoms with E-state index < -0.39 is 0 Å². The van der Waals surface area contributed by atoms with Gasteiger partial charge in [0.25, 0.3) is 0 Å². The van der Waals surface area contributed by atoms with Crippen LogP contribution in [0.15, 0.2) is 30.3 Å². The number of piperidine rings is 1. The monoisotopic (exact) mass is 265 g/mol. The number of ether oxygens (including phenoxy) is 1. The van der Waals surface area contributed by atoms with Gasteiger partial charge in [-0.15, -0.1) is 0 Å². The van der Waals surface area contributed by atoms with Crippen LogP contribution in [0, 0.1) is 0 Å². The van der Waals surface area contributed by atoms with E-state index in [-0.39, 0.29) is 12.1 Å². The minimum absolute atomic E-state index is 0.213. The lowest BCUT2D eigenvalue weighted by Crippen LogP contribution is -2.45. The van der Waals surface area contributed by atoms with Crippen LogP contribution in [0.4, 0.5) is 4.79 Å². The molecule has 0 radical (unpaired) electrons. The third-order valence-corrected chi connectivity index (χ3v) is 3.76. The number of carbonyl (C=O) groups is 1. The first kappa shape index (κ1) is 13.3.